The Morgan fingerprint density at radius 3 is 2.58 bits per heavy atom. The number of halogens is 2. The highest BCUT2D eigenvalue weighted by molar-refractivity contribution is 8.18. The Morgan fingerprint density at radius 2 is 1.88 bits per heavy atom. The second-order valence-corrected chi connectivity index (χ2v) is 8.71. The Kier molecular flexibility index (Phi) is 6.78. The van der Waals surface area contributed by atoms with Crippen LogP contribution in [0.25, 0.3) is 17.4 Å². The van der Waals surface area contributed by atoms with Crippen molar-refractivity contribution in [2.24, 2.45) is 0 Å². The van der Waals surface area contributed by atoms with Gasteiger partial charge in [0, 0.05) is 22.3 Å². The van der Waals surface area contributed by atoms with Crippen LogP contribution in [0.2, 0.25) is 10.0 Å². The van der Waals surface area contributed by atoms with E-state index in [1.165, 1.54) is 13.2 Å². The van der Waals surface area contributed by atoms with Gasteiger partial charge in [-0.2, -0.15) is 0 Å². The molecule has 0 atom stereocenters. The highest BCUT2D eigenvalue weighted by Crippen LogP contribution is 2.35. The monoisotopic (exact) mass is 502 g/mol. The van der Waals surface area contributed by atoms with Crippen LogP contribution in [-0.4, -0.2) is 35.6 Å². The van der Waals surface area contributed by atoms with Crippen molar-refractivity contribution in [3.05, 3.63) is 75.3 Å². The van der Waals surface area contributed by atoms with Crippen LogP contribution in [0.3, 0.4) is 0 Å². The molecule has 10 heteroatoms. The van der Waals surface area contributed by atoms with Crippen molar-refractivity contribution >= 4 is 63.8 Å². The zero-order valence-electron chi connectivity index (χ0n) is 17.1. The molecule has 0 radical (unpaired) electrons. The predicted molar refractivity (Wildman–Crippen MR) is 128 cm³/mol. The zero-order valence-corrected chi connectivity index (χ0v) is 19.5. The van der Waals surface area contributed by atoms with Crippen LogP contribution >= 0.6 is 35.0 Å². The molecular formula is C23H16Cl2N2O5S. The normalized spacial score (nSPS) is 14.8. The molecule has 2 heterocycles. The van der Waals surface area contributed by atoms with Gasteiger partial charge in [0.2, 0.25) is 5.91 Å². The van der Waals surface area contributed by atoms with Crippen LogP contribution in [0.1, 0.15) is 5.76 Å². The van der Waals surface area contributed by atoms with Gasteiger partial charge >= 0.3 is 0 Å². The lowest BCUT2D eigenvalue weighted by Crippen LogP contribution is -2.36. The summed E-state index contributed by atoms with van der Waals surface area (Å²) in [5.41, 5.74) is 1.16. The van der Waals surface area contributed by atoms with E-state index in [-0.39, 0.29) is 4.91 Å². The first kappa shape index (κ1) is 23.0. The fraction of sp³-hybridized carbons (Fsp3) is 0.0870. The molecule has 3 amide bonds. The van der Waals surface area contributed by atoms with E-state index in [2.05, 4.69) is 5.32 Å². The average molecular weight is 503 g/mol. The summed E-state index contributed by atoms with van der Waals surface area (Å²) in [5.74, 6) is 0.424. The first-order valence-corrected chi connectivity index (χ1v) is 11.2. The number of hydrogen-bond donors (Lipinski definition) is 1. The Labute approximate surface area is 203 Å². The molecule has 0 spiro atoms. The highest BCUT2D eigenvalue weighted by atomic mass is 35.5. The number of imide groups is 1. The number of amides is 3. The molecule has 1 aromatic heterocycles. The minimum atomic E-state index is -0.572. The standard InChI is InChI=1S/C23H16Cl2N2O5S/c1-31-15-5-3-14(4-6-15)26-21(28)12-27-22(29)20(33-23(27)30)11-16-7-9-19(32-16)17-8-2-13(24)10-18(17)25/h2-11H,12H2,1H3,(H,26,28)/b20-11+. The number of carbonyl (C=O) groups is 3. The summed E-state index contributed by atoms with van der Waals surface area (Å²) < 4.78 is 10.8. The third-order valence-corrected chi connectivity index (χ3v) is 6.10. The minimum Gasteiger partial charge on any atom is -0.497 e. The number of benzene rings is 2. The van der Waals surface area contributed by atoms with Gasteiger partial charge in [0.05, 0.1) is 17.0 Å². The van der Waals surface area contributed by atoms with Gasteiger partial charge in [-0.05, 0) is 66.4 Å². The number of thioether (sulfide) groups is 1. The molecule has 7 nitrogen and oxygen atoms in total. The second kappa shape index (κ2) is 9.74. The highest BCUT2D eigenvalue weighted by Gasteiger charge is 2.36. The largest absolute Gasteiger partial charge is 0.497 e. The molecule has 0 unspecified atom stereocenters. The predicted octanol–water partition coefficient (Wildman–Crippen LogP) is 5.94. The number of anilines is 1. The number of carbonyl (C=O) groups excluding carboxylic acids is 3. The molecule has 0 bridgehead atoms. The van der Waals surface area contributed by atoms with Crippen LogP contribution in [0.15, 0.2) is 63.9 Å². The van der Waals surface area contributed by atoms with Gasteiger partial charge in [0.1, 0.15) is 23.8 Å². The maximum atomic E-state index is 12.7. The third kappa shape index (κ3) is 5.24. The van der Waals surface area contributed by atoms with Crippen LogP contribution < -0.4 is 10.1 Å². The van der Waals surface area contributed by atoms with Gasteiger partial charge in [-0.1, -0.05) is 23.2 Å². The van der Waals surface area contributed by atoms with Gasteiger partial charge in [-0.15, -0.1) is 0 Å². The topological polar surface area (TPSA) is 88.8 Å². The second-order valence-electron chi connectivity index (χ2n) is 6.87. The summed E-state index contributed by atoms with van der Waals surface area (Å²) in [7, 11) is 1.54. The maximum Gasteiger partial charge on any atom is 0.294 e. The molecule has 2 aromatic carbocycles. The molecule has 4 rings (SSSR count). The first-order valence-electron chi connectivity index (χ1n) is 9.58. The molecule has 1 aliphatic heterocycles. The van der Waals surface area contributed by atoms with Gasteiger partial charge in [0.25, 0.3) is 11.1 Å². The van der Waals surface area contributed by atoms with Gasteiger partial charge in [-0.25, -0.2) is 0 Å². The number of hydrogen-bond acceptors (Lipinski definition) is 6. The quantitative estimate of drug-likeness (QED) is 0.419. The van der Waals surface area contributed by atoms with Crippen molar-refractivity contribution in [2.45, 2.75) is 0 Å². The van der Waals surface area contributed by atoms with Crippen LogP contribution in [0.5, 0.6) is 5.75 Å². The molecule has 0 aliphatic carbocycles. The lowest BCUT2D eigenvalue weighted by molar-refractivity contribution is -0.127. The van der Waals surface area contributed by atoms with E-state index in [9.17, 15) is 14.4 Å². The van der Waals surface area contributed by atoms with E-state index in [1.54, 1.807) is 54.6 Å². The molecule has 168 valence electrons. The molecule has 33 heavy (non-hydrogen) atoms. The number of nitrogens with one attached hydrogen (secondary N) is 1. The third-order valence-electron chi connectivity index (χ3n) is 4.65. The Bertz CT molecular complexity index is 1270. The van der Waals surface area contributed by atoms with Crippen molar-refractivity contribution in [2.75, 3.05) is 19.0 Å². The molecular weight excluding hydrogens is 487 g/mol. The van der Waals surface area contributed by atoms with Crippen molar-refractivity contribution < 1.29 is 23.5 Å². The number of methoxy groups -OCH3 is 1. The maximum absolute atomic E-state index is 12.7. The van der Waals surface area contributed by atoms with Crippen LogP contribution in [0, 0.1) is 0 Å². The van der Waals surface area contributed by atoms with E-state index >= 15 is 0 Å². The fourth-order valence-electron chi connectivity index (χ4n) is 3.05. The molecule has 1 N–H and O–H groups in total. The van der Waals surface area contributed by atoms with E-state index < -0.39 is 23.6 Å². The van der Waals surface area contributed by atoms with Crippen molar-refractivity contribution in [1.82, 2.24) is 4.90 Å². The van der Waals surface area contributed by atoms with Crippen molar-refractivity contribution in [3.63, 3.8) is 0 Å². The van der Waals surface area contributed by atoms with E-state index in [4.69, 9.17) is 32.4 Å². The van der Waals surface area contributed by atoms with Crippen LogP contribution in [-0.2, 0) is 9.59 Å². The number of furan rings is 1. The summed E-state index contributed by atoms with van der Waals surface area (Å²) in [6.45, 7) is -0.405. The van der Waals surface area contributed by atoms with Gasteiger partial charge in [-0.3, -0.25) is 19.3 Å². The molecule has 0 saturated carbocycles. The smallest absolute Gasteiger partial charge is 0.294 e. The lowest BCUT2D eigenvalue weighted by atomic mass is 10.2. The zero-order chi connectivity index (χ0) is 23.5. The van der Waals surface area contributed by atoms with Gasteiger partial charge in [0.15, 0.2) is 0 Å². The minimum absolute atomic E-state index is 0.153. The molecule has 1 aliphatic rings. The summed E-state index contributed by atoms with van der Waals surface area (Å²) in [6, 6.07) is 15.1. The van der Waals surface area contributed by atoms with Crippen molar-refractivity contribution in [1.29, 1.82) is 0 Å². The Hall–Kier alpha value is -3.20. The summed E-state index contributed by atoms with van der Waals surface area (Å²) in [5, 5.41) is 3.03. The summed E-state index contributed by atoms with van der Waals surface area (Å²) in [6.07, 6.45) is 1.46. The molecule has 1 fully saturated rings. The average Bonchev–Trinajstić information content (AvgIpc) is 3.34. The van der Waals surface area contributed by atoms with E-state index in [0.717, 1.165) is 16.7 Å². The van der Waals surface area contributed by atoms with Gasteiger partial charge < -0.3 is 14.5 Å². The number of rotatable bonds is 6. The summed E-state index contributed by atoms with van der Waals surface area (Å²) in [4.78, 5) is 38.4. The summed E-state index contributed by atoms with van der Waals surface area (Å²) >= 11 is 12.9. The van der Waals surface area contributed by atoms with Crippen LogP contribution in [0.4, 0.5) is 10.5 Å². The fourth-order valence-corrected chi connectivity index (χ4v) is 4.37. The van der Waals surface area contributed by atoms with E-state index in [0.29, 0.717) is 38.6 Å². The van der Waals surface area contributed by atoms with E-state index in [1.807, 2.05) is 0 Å². The Morgan fingerprint density at radius 1 is 1.12 bits per heavy atom. The van der Waals surface area contributed by atoms with Crippen molar-refractivity contribution in [3.8, 4) is 17.1 Å². The Balaban J connectivity index is 1.44. The molecule has 3 aromatic rings. The molecule has 1 saturated heterocycles. The lowest BCUT2D eigenvalue weighted by Gasteiger charge is -2.12. The number of nitrogens with zero attached hydrogens (tertiary/aromatic N) is 1. The number of ether oxygens (including phenoxy) is 1. The first-order chi connectivity index (χ1) is 15.8. The SMILES string of the molecule is COc1ccc(NC(=O)CN2C(=O)S/C(=C/c3ccc(-c4ccc(Cl)cc4Cl)o3)C2=O)cc1.